The fraction of sp³-hybridized carbons (Fsp3) is 0.0909. The molecular weight excluding hydrogens is 190 g/mol. The van der Waals surface area contributed by atoms with E-state index in [0.717, 1.165) is 5.69 Å². The lowest BCUT2D eigenvalue weighted by Gasteiger charge is -2.08. The highest BCUT2D eigenvalue weighted by Crippen LogP contribution is 2.23. The molecular formula is C11H9N3O. The van der Waals surface area contributed by atoms with Crippen LogP contribution in [0.1, 0.15) is 5.56 Å². The van der Waals surface area contributed by atoms with E-state index in [1.165, 1.54) is 0 Å². The van der Waals surface area contributed by atoms with Crippen LogP contribution in [0.15, 0.2) is 36.9 Å². The molecule has 74 valence electrons. The lowest BCUT2D eigenvalue weighted by atomic mass is 10.2. The molecule has 2 rings (SSSR count). The van der Waals surface area contributed by atoms with Gasteiger partial charge in [-0.25, -0.2) is 4.98 Å². The Kier molecular flexibility index (Phi) is 2.38. The maximum Gasteiger partial charge on any atom is 0.144 e. The predicted molar refractivity (Wildman–Crippen MR) is 54.8 cm³/mol. The van der Waals surface area contributed by atoms with E-state index in [0.29, 0.717) is 11.3 Å². The molecule has 0 atom stereocenters. The van der Waals surface area contributed by atoms with E-state index >= 15 is 0 Å². The molecule has 0 saturated heterocycles. The quantitative estimate of drug-likeness (QED) is 0.740. The monoisotopic (exact) mass is 199 g/mol. The topological polar surface area (TPSA) is 50.8 Å². The van der Waals surface area contributed by atoms with Crippen molar-refractivity contribution in [2.24, 2.45) is 0 Å². The van der Waals surface area contributed by atoms with Gasteiger partial charge in [0.25, 0.3) is 0 Å². The first-order valence-electron chi connectivity index (χ1n) is 4.41. The van der Waals surface area contributed by atoms with Gasteiger partial charge >= 0.3 is 0 Å². The zero-order chi connectivity index (χ0) is 10.7. The first kappa shape index (κ1) is 9.28. The second kappa shape index (κ2) is 3.84. The molecule has 0 saturated carbocycles. The van der Waals surface area contributed by atoms with Crippen LogP contribution in [0.4, 0.5) is 0 Å². The van der Waals surface area contributed by atoms with Crippen LogP contribution in [0.25, 0.3) is 5.69 Å². The lowest BCUT2D eigenvalue weighted by Crippen LogP contribution is -1.95. The summed E-state index contributed by atoms with van der Waals surface area (Å²) in [6, 6.07) is 7.35. The van der Waals surface area contributed by atoms with Crippen molar-refractivity contribution in [3.05, 3.63) is 42.5 Å². The van der Waals surface area contributed by atoms with E-state index in [9.17, 15) is 0 Å². The van der Waals surface area contributed by atoms with E-state index in [4.69, 9.17) is 10.00 Å². The van der Waals surface area contributed by atoms with Gasteiger partial charge in [0.1, 0.15) is 5.75 Å². The number of methoxy groups -OCH3 is 1. The summed E-state index contributed by atoms with van der Waals surface area (Å²) >= 11 is 0. The third-order valence-corrected chi connectivity index (χ3v) is 2.09. The summed E-state index contributed by atoms with van der Waals surface area (Å²) in [7, 11) is 1.58. The van der Waals surface area contributed by atoms with Gasteiger partial charge in [-0.15, -0.1) is 0 Å². The van der Waals surface area contributed by atoms with Gasteiger partial charge in [-0.05, 0) is 12.1 Å². The standard InChI is InChI=1S/C11H9N3O/c1-15-11-6-9(7-12)2-3-10(11)14-5-4-13-8-14/h2-6,8H,1H3. The summed E-state index contributed by atoms with van der Waals surface area (Å²) in [6.07, 6.45) is 5.20. The Hall–Kier alpha value is -2.28. The summed E-state index contributed by atoms with van der Waals surface area (Å²) in [5.41, 5.74) is 1.45. The van der Waals surface area contributed by atoms with E-state index in [1.807, 2.05) is 16.8 Å². The molecule has 4 heteroatoms. The lowest BCUT2D eigenvalue weighted by molar-refractivity contribution is 0.412. The van der Waals surface area contributed by atoms with Gasteiger partial charge in [-0.2, -0.15) is 5.26 Å². The van der Waals surface area contributed by atoms with Crippen LogP contribution < -0.4 is 4.74 Å². The van der Waals surface area contributed by atoms with Crippen molar-refractivity contribution < 1.29 is 4.74 Å². The Morgan fingerprint density at radius 1 is 1.47 bits per heavy atom. The maximum atomic E-state index is 8.75. The summed E-state index contributed by atoms with van der Waals surface area (Å²) in [6.45, 7) is 0. The molecule has 4 nitrogen and oxygen atoms in total. The Labute approximate surface area is 87.4 Å². The minimum Gasteiger partial charge on any atom is -0.495 e. The average Bonchev–Trinajstić information content (AvgIpc) is 2.81. The van der Waals surface area contributed by atoms with Crippen LogP contribution in [-0.4, -0.2) is 16.7 Å². The fourth-order valence-electron chi connectivity index (χ4n) is 1.36. The second-order valence-electron chi connectivity index (χ2n) is 2.97. The van der Waals surface area contributed by atoms with E-state index in [1.54, 1.807) is 31.8 Å². The number of ether oxygens (including phenoxy) is 1. The summed E-state index contributed by atoms with van der Waals surface area (Å²) in [5.74, 6) is 0.659. The van der Waals surface area contributed by atoms with Gasteiger partial charge in [0.15, 0.2) is 0 Å². The van der Waals surface area contributed by atoms with Crippen LogP contribution in [0, 0.1) is 11.3 Å². The number of hydrogen-bond donors (Lipinski definition) is 0. The van der Waals surface area contributed by atoms with Crippen molar-refractivity contribution in [1.29, 1.82) is 5.26 Å². The number of rotatable bonds is 2. The first-order valence-corrected chi connectivity index (χ1v) is 4.41. The smallest absolute Gasteiger partial charge is 0.144 e. The molecule has 0 bridgehead atoms. The highest BCUT2D eigenvalue weighted by Gasteiger charge is 2.05. The Morgan fingerprint density at radius 2 is 2.33 bits per heavy atom. The molecule has 0 N–H and O–H groups in total. The zero-order valence-electron chi connectivity index (χ0n) is 8.21. The highest BCUT2D eigenvalue weighted by molar-refractivity contribution is 5.51. The van der Waals surface area contributed by atoms with Crippen LogP contribution in [-0.2, 0) is 0 Å². The highest BCUT2D eigenvalue weighted by atomic mass is 16.5. The van der Waals surface area contributed by atoms with E-state index in [-0.39, 0.29) is 0 Å². The molecule has 0 aliphatic heterocycles. The molecule has 1 aromatic carbocycles. The van der Waals surface area contributed by atoms with Gasteiger partial charge in [-0.1, -0.05) is 0 Å². The van der Waals surface area contributed by atoms with Crippen molar-refractivity contribution in [3.63, 3.8) is 0 Å². The first-order chi connectivity index (χ1) is 7.35. The van der Waals surface area contributed by atoms with E-state index < -0.39 is 0 Å². The summed E-state index contributed by atoms with van der Waals surface area (Å²) in [4.78, 5) is 3.96. The van der Waals surface area contributed by atoms with Gasteiger partial charge in [0.05, 0.1) is 30.8 Å². The Balaban J connectivity index is 2.54. The molecule has 1 aromatic heterocycles. The zero-order valence-corrected chi connectivity index (χ0v) is 8.21. The normalized spacial score (nSPS) is 9.60. The largest absolute Gasteiger partial charge is 0.495 e. The second-order valence-corrected chi connectivity index (χ2v) is 2.97. The van der Waals surface area contributed by atoms with Gasteiger partial charge < -0.3 is 9.30 Å². The molecule has 0 aliphatic rings. The number of hydrogen-bond acceptors (Lipinski definition) is 3. The number of benzene rings is 1. The third kappa shape index (κ3) is 1.67. The Bertz CT molecular complexity index is 497. The average molecular weight is 199 g/mol. The van der Waals surface area contributed by atoms with E-state index in [2.05, 4.69) is 11.1 Å². The van der Waals surface area contributed by atoms with Crippen molar-refractivity contribution in [1.82, 2.24) is 9.55 Å². The molecule has 0 unspecified atom stereocenters. The number of aromatic nitrogens is 2. The molecule has 2 aromatic rings. The fourth-order valence-corrected chi connectivity index (χ4v) is 1.36. The number of imidazole rings is 1. The molecule has 0 aliphatic carbocycles. The van der Waals surface area contributed by atoms with Gasteiger partial charge in [0.2, 0.25) is 0 Å². The van der Waals surface area contributed by atoms with Gasteiger partial charge in [-0.3, -0.25) is 0 Å². The molecule has 15 heavy (non-hydrogen) atoms. The van der Waals surface area contributed by atoms with Gasteiger partial charge in [0, 0.05) is 18.5 Å². The number of nitriles is 1. The molecule has 0 amide bonds. The van der Waals surface area contributed by atoms with Crippen LogP contribution in [0.2, 0.25) is 0 Å². The maximum absolute atomic E-state index is 8.75. The SMILES string of the molecule is COc1cc(C#N)ccc1-n1ccnc1. The third-order valence-electron chi connectivity index (χ3n) is 2.09. The minimum absolute atomic E-state index is 0.579. The Morgan fingerprint density at radius 3 is 2.93 bits per heavy atom. The summed E-state index contributed by atoms with van der Waals surface area (Å²) < 4.78 is 7.05. The van der Waals surface area contributed by atoms with Crippen LogP contribution in [0.5, 0.6) is 5.75 Å². The summed E-state index contributed by atoms with van der Waals surface area (Å²) in [5, 5.41) is 8.75. The predicted octanol–water partition coefficient (Wildman–Crippen LogP) is 1.75. The number of nitrogens with zero attached hydrogens (tertiary/aromatic N) is 3. The van der Waals surface area contributed by atoms with Crippen molar-refractivity contribution >= 4 is 0 Å². The van der Waals surface area contributed by atoms with Crippen LogP contribution in [0.3, 0.4) is 0 Å². The molecule has 0 spiro atoms. The van der Waals surface area contributed by atoms with Crippen molar-refractivity contribution in [2.45, 2.75) is 0 Å². The van der Waals surface area contributed by atoms with Crippen molar-refractivity contribution in [2.75, 3.05) is 7.11 Å². The van der Waals surface area contributed by atoms with Crippen molar-refractivity contribution in [3.8, 4) is 17.5 Å². The minimum atomic E-state index is 0.579. The molecule has 0 radical (unpaired) electrons. The molecule has 1 heterocycles. The van der Waals surface area contributed by atoms with Crippen LogP contribution >= 0.6 is 0 Å². The molecule has 0 fully saturated rings.